The van der Waals surface area contributed by atoms with Crippen LogP contribution in [-0.4, -0.2) is 38.0 Å². The quantitative estimate of drug-likeness (QED) is 0.456. The maximum atomic E-state index is 12.9. The van der Waals surface area contributed by atoms with Crippen LogP contribution in [0.5, 0.6) is 5.75 Å². The van der Waals surface area contributed by atoms with Crippen LogP contribution in [0.4, 0.5) is 0 Å². The number of aryl methyl sites for hydroxylation is 1. The predicted molar refractivity (Wildman–Crippen MR) is 127 cm³/mol. The summed E-state index contributed by atoms with van der Waals surface area (Å²) in [6, 6.07) is 14.2. The van der Waals surface area contributed by atoms with Gasteiger partial charge >= 0.3 is 0 Å². The van der Waals surface area contributed by atoms with Crippen LogP contribution < -0.4 is 15.7 Å². The van der Waals surface area contributed by atoms with Crippen LogP contribution in [0.1, 0.15) is 11.3 Å². The zero-order valence-corrected chi connectivity index (χ0v) is 18.8. The van der Waals surface area contributed by atoms with Crippen LogP contribution in [0.15, 0.2) is 58.2 Å². The smallest absolute Gasteiger partial charge is 0.285 e. The van der Waals surface area contributed by atoms with Crippen molar-refractivity contribution in [1.82, 2.24) is 20.2 Å². The van der Waals surface area contributed by atoms with Crippen molar-refractivity contribution in [2.75, 3.05) is 7.11 Å². The summed E-state index contributed by atoms with van der Waals surface area (Å²) in [7, 11) is 3.08. The zero-order valence-electron chi connectivity index (χ0n) is 17.2. The van der Waals surface area contributed by atoms with E-state index in [1.807, 2.05) is 18.2 Å². The first-order chi connectivity index (χ1) is 15.4. The molecule has 1 fully saturated rings. The Bertz CT molecular complexity index is 1350. The minimum atomic E-state index is -0.476. The van der Waals surface area contributed by atoms with Crippen molar-refractivity contribution in [2.24, 2.45) is 7.05 Å². The van der Waals surface area contributed by atoms with Gasteiger partial charge < -0.3 is 4.74 Å². The number of rotatable bonds is 5. The molecule has 0 aliphatic carbocycles. The number of methoxy groups -OCH3 is 1. The lowest BCUT2D eigenvalue weighted by atomic mass is 10.1. The summed E-state index contributed by atoms with van der Waals surface area (Å²) >= 11 is 6.38. The molecule has 2 amide bonds. The Morgan fingerprint density at radius 1 is 1.16 bits per heavy atom. The third-order valence-electron chi connectivity index (χ3n) is 4.82. The van der Waals surface area contributed by atoms with Gasteiger partial charge in [-0.05, 0) is 30.4 Å². The van der Waals surface area contributed by atoms with Crippen LogP contribution in [0, 0.1) is 0 Å². The number of hydrogen-bond acceptors (Lipinski definition) is 7. The Labute approximate surface area is 192 Å². The molecule has 3 aromatic rings. The van der Waals surface area contributed by atoms with Crippen molar-refractivity contribution >= 4 is 57.0 Å². The molecule has 4 rings (SSSR count). The molecule has 0 unspecified atom stereocenters. The van der Waals surface area contributed by atoms with Gasteiger partial charge in [0.05, 0.1) is 29.5 Å². The molecule has 1 aliphatic heterocycles. The molecule has 32 heavy (non-hydrogen) atoms. The minimum Gasteiger partial charge on any atom is -0.496 e. The summed E-state index contributed by atoms with van der Waals surface area (Å²) in [4.78, 5) is 38.2. The second-order valence-corrected chi connectivity index (χ2v) is 8.57. The van der Waals surface area contributed by atoms with Gasteiger partial charge in [-0.25, -0.2) is 4.68 Å². The Hall–Kier alpha value is -3.50. The van der Waals surface area contributed by atoms with Gasteiger partial charge in [0.25, 0.3) is 11.5 Å². The van der Waals surface area contributed by atoms with Crippen LogP contribution in [0.25, 0.3) is 16.8 Å². The number of para-hydroxylation sites is 1. The molecule has 2 heterocycles. The van der Waals surface area contributed by atoms with Crippen molar-refractivity contribution in [3.05, 3.63) is 75.0 Å². The fourth-order valence-electron chi connectivity index (χ4n) is 3.31. The molecule has 1 aromatic heterocycles. The molecule has 0 atom stereocenters. The number of hydrazine groups is 1. The van der Waals surface area contributed by atoms with Gasteiger partial charge in [-0.2, -0.15) is 10.1 Å². The summed E-state index contributed by atoms with van der Waals surface area (Å²) in [6.45, 7) is 0. The van der Waals surface area contributed by atoms with E-state index in [0.29, 0.717) is 27.1 Å². The highest BCUT2D eigenvalue weighted by Gasteiger charge is 2.34. The molecule has 1 saturated heterocycles. The molecular weight excluding hydrogens is 448 g/mol. The van der Waals surface area contributed by atoms with E-state index in [1.165, 1.54) is 11.7 Å². The van der Waals surface area contributed by atoms with Gasteiger partial charge in [0.1, 0.15) is 5.75 Å². The number of nitrogens with one attached hydrogen (secondary N) is 1. The first-order valence-electron chi connectivity index (χ1n) is 9.54. The molecule has 162 valence electrons. The predicted octanol–water partition coefficient (Wildman–Crippen LogP) is 2.42. The zero-order chi connectivity index (χ0) is 22.8. The standard InChI is InChI=1S/C22H18N4O4S2/c1-25-20(28)15-9-5-4-8-14(15)16(23-25)12-19(27)24-26-21(29)18(32-22(26)31)11-13-7-3-6-10-17(13)30-2/h3-11H,12H2,1-2H3,(H,24,27). The van der Waals surface area contributed by atoms with Gasteiger partial charge in [0, 0.05) is 18.0 Å². The number of benzene rings is 2. The molecule has 1 aliphatic rings. The Morgan fingerprint density at radius 2 is 1.84 bits per heavy atom. The molecule has 1 N–H and O–H groups in total. The summed E-state index contributed by atoms with van der Waals surface area (Å²) in [6.07, 6.45) is 1.55. The number of fused-ring (bicyclic) bond motifs is 1. The van der Waals surface area contributed by atoms with Crippen LogP contribution in [0.2, 0.25) is 0 Å². The van der Waals surface area contributed by atoms with E-state index < -0.39 is 11.8 Å². The number of thioether (sulfide) groups is 1. The lowest BCUT2D eigenvalue weighted by Gasteiger charge is -2.16. The van der Waals surface area contributed by atoms with Crippen molar-refractivity contribution in [1.29, 1.82) is 0 Å². The normalized spacial score (nSPS) is 14.9. The minimum absolute atomic E-state index is 0.128. The maximum Gasteiger partial charge on any atom is 0.285 e. The van der Waals surface area contributed by atoms with E-state index in [1.54, 1.807) is 43.5 Å². The Morgan fingerprint density at radius 3 is 2.59 bits per heavy atom. The number of aromatic nitrogens is 2. The van der Waals surface area contributed by atoms with Gasteiger partial charge in [0.15, 0.2) is 4.32 Å². The summed E-state index contributed by atoms with van der Waals surface area (Å²) in [5.41, 5.74) is 3.46. The highest BCUT2D eigenvalue weighted by atomic mass is 32.2. The number of carbonyl (C=O) groups excluding carboxylic acids is 2. The third-order valence-corrected chi connectivity index (χ3v) is 6.12. The average Bonchev–Trinajstić information content (AvgIpc) is 3.05. The highest BCUT2D eigenvalue weighted by Crippen LogP contribution is 2.33. The second-order valence-electron chi connectivity index (χ2n) is 6.89. The largest absolute Gasteiger partial charge is 0.496 e. The number of ether oxygens (including phenoxy) is 1. The molecule has 0 radical (unpaired) electrons. The third kappa shape index (κ3) is 4.14. The number of thiocarbonyl (C=S) groups is 1. The van der Waals surface area contributed by atoms with Crippen molar-refractivity contribution < 1.29 is 14.3 Å². The van der Waals surface area contributed by atoms with Crippen LogP contribution in [-0.2, 0) is 23.1 Å². The van der Waals surface area contributed by atoms with Crippen LogP contribution in [0.3, 0.4) is 0 Å². The van der Waals surface area contributed by atoms with Gasteiger partial charge in [-0.3, -0.25) is 19.8 Å². The molecule has 0 spiro atoms. The lowest BCUT2D eigenvalue weighted by molar-refractivity contribution is -0.132. The van der Waals surface area contributed by atoms with Gasteiger partial charge in [-0.15, -0.1) is 0 Å². The Kier molecular flexibility index (Phi) is 6.06. The molecule has 0 bridgehead atoms. The summed E-state index contributed by atoms with van der Waals surface area (Å²) in [5, 5.41) is 6.33. The van der Waals surface area contributed by atoms with E-state index in [0.717, 1.165) is 22.3 Å². The van der Waals surface area contributed by atoms with Gasteiger partial charge in [0.2, 0.25) is 5.91 Å². The van der Waals surface area contributed by atoms with E-state index in [4.69, 9.17) is 17.0 Å². The van der Waals surface area contributed by atoms with E-state index >= 15 is 0 Å². The van der Waals surface area contributed by atoms with E-state index in [9.17, 15) is 14.4 Å². The average molecular weight is 467 g/mol. The fraction of sp³-hybridized carbons (Fsp3) is 0.136. The fourth-order valence-corrected chi connectivity index (χ4v) is 4.48. The second kappa shape index (κ2) is 8.93. The van der Waals surface area contributed by atoms with E-state index in [-0.39, 0.29) is 16.3 Å². The lowest BCUT2D eigenvalue weighted by Crippen LogP contribution is -2.45. The first-order valence-corrected chi connectivity index (χ1v) is 10.8. The topological polar surface area (TPSA) is 93.5 Å². The van der Waals surface area contributed by atoms with Crippen molar-refractivity contribution in [3.63, 3.8) is 0 Å². The molecule has 8 nitrogen and oxygen atoms in total. The molecule has 2 aromatic carbocycles. The number of nitrogens with zero attached hydrogens (tertiary/aromatic N) is 3. The van der Waals surface area contributed by atoms with E-state index in [2.05, 4.69) is 10.5 Å². The molecule has 10 heteroatoms. The van der Waals surface area contributed by atoms with Crippen molar-refractivity contribution in [2.45, 2.75) is 6.42 Å². The summed E-state index contributed by atoms with van der Waals surface area (Å²) in [5.74, 6) is -0.289. The number of amides is 2. The first kappa shape index (κ1) is 21.7. The summed E-state index contributed by atoms with van der Waals surface area (Å²) < 4.78 is 6.72. The highest BCUT2D eigenvalue weighted by molar-refractivity contribution is 8.26. The SMILES string of the molecule is COc1ccccc1C=C1SC(=S)N(NC(=O)Cc2nn(C)c(=O)c3ccccc23)C1=O. The maximum absolute atomic E-state index is 12.9. The monoisotopic (exact) mass is 466 g/mol. The number of hydrogen-bond donors (Lipinski definition) is 1. The van der Waals surface area contributed by atoms with Crippen LogP contribution >= 0.6 is 24.0 Å². The van der Waals surface area contributed by atoms with Crippen molar-refractivity contribution in [3.8, 4) is 5.75 Å². The number of carbonyl (C=O) groups is 2. The van der Waals surface area contributed by atoms with Gasteiger partial charge in [-0.1, -0.05) is 48.2 Å². The Balaban J connectivity index is 1.55. The molecular formula is C22H18N4O4S2. The molecule has 0 saturated carbocycles.